The van der Waals surface area contributed by atoms with Crippen molar-refractivity contribution in [2.45, 2.75) is 20.0 Å². The summed E-state index contributed by atoms with van der Waals surface area (Å²) in [6.07, 6.45) is 0.104. The van der Waals surface area contributed by atoms with Crippen LogP contribution < -0.4 is 4.74 Å². The minimum atomic E-state index is 0.104. The highest BCUT2D eigenvalue weighted by Crippen LogP contribution is 2.29. The molecule has 74 valence electrons. The number of rotatable bonds is 3. The molecule has 4 heteroatoms. The third kappa shape index (κ3) is 3.11. The van der Waals surface area contributed by atoms with Gasteiger partial charge in [0, 0.05) is 0 Å². The summed E-state index contributed by atoms with van der Waals surface area (Å²) in [7, 11) is 0. The van der Waals surface area contributed by atoms with Gasteiger partial charge in [0.2, 0.25) is 0 Å². The lowest BCUT2D eigenvalue weighted by molar-refractivity contribution is 0.242. The van der Waals surface area contributed by atoms with Gasteiger partial charge in [0.15, 0.2) is 0 Å². The summed E-state index contributed by atoms with van der Waals surface area (Å²) in [5.41, 5.74) is 0.682. The first-order chi connectivity index (χ1) is 6.63. The van der Waals surface area contributed by atoms with Crippen molar-refractivity contribution in [1.82, 2.24) is 0 Å². The molecule has 2 nitrogen and oxygen atoms in total. The number of aliphatic imine (C=N–C) groups is 1. The summed E-state index contributed by atoms with van der Waals surface area (Å²) >= 11 is 10.5. The Morgan fingerprint density at radius 1 is 1.50 bits per heavy atom. The Bertz CT molecular complexity index is 372. The van der Waals surface area contributed by atoms with Gasteiger partial charge in [0.05, 0.1) is 22.0 Å². The largest absolute Gasteiger partial charge is 0.489 e. The average Bonchev–Trinajstić information content (AvgIpc) is 2.10. The minimum Gasteiger partial charge on any atom is -0.489 e. The van der Waals surface area contributed by atoms with Crippen LogP contribution in [0.3, 0.4) is 0 Å². The summed E-state index contributed by atoms with van der Waals surface area (Å²) in [6, 6.07) is 5.25. The molecule has 0 fully saturated rings. The Kier molecular flexibility index (Phi) is 4.08. The van der Waals surface area contributed by atoms with Crippen LogP contribution in [0.1, 0.15) is 13.8 Å². The predicted molar refractivity (Wildman–Crippen MR) is 61.9 cm³/mol. The van der Waals surface area contributed by atoms with E-state index < -0.39 is 0 Å². The van der Waals surface area contributed by atoms with Gasteiger partial charge in [0.25, 0.3) is 0 Å². The minimum absolute atomic E-state index is 0.104. The van der Waals surface area contributed by atoms with E-state index in [9.17, 15) is 0 Å². The highest BCUT2D eigenvalue weighted by molar-refractivity contribution is 7.78. The van der Waals surface area contributed by atoms with Crippen molar-refractivity contribution in [2.75, 3.05) is 0 Å². The molecule has 0 heterocycles. The number of thiocarbonyl (C=S) groups is 1. The monoisotopic (exact) mass is 227 g/mol. The van der Waals surface area contributed by atoms with Crippen LogP contribution >= 0.6 is 23.8 Å². The van der Waals surface area contributed by atoms with Gasteiger partial charge in [-0.3, -0.25) is 0 Å². The van der Waals surface area contributed by atoms with Crippen LogP contribution in [0.2, 0.25) is 5.02 Å². The Morgan fingerprint density at radius 3 is 2.71 bits per heavy atom. The van der Waals surface area contributed by atoms with Crippen molar-refractivity contribution in [1.29, 1.82) is 0 Å². The molecule has 0 radical (unpaired) electrons. The lowest BCUT2D eigenvalue weighted by Gasteiger charge is -2.10. The molecule has 0 N–H and O–H groups in total. The van der Waals surface area contributed by atoms with Gasteiger partial charge < -0.3 is 4.74 Å². The van der Waals surface area contributed by atoms with Crippen LogP contribution in [0.15, 0.2) is 23.2 Å². The second-order valence-electron chi connectivity index (χ2n) is 2.98. The Balaban J connectivity index is 2.95. The van der Waals surface area contributed by atoms with Crippen LogP contribution in [0.25, 0.3) is 0 Å². The molecule has 0 saturated heterocycles. The lowest BCUT2D eigenvalue weighted by atomic mass is 10.3. The van der Waals surface area contributed by atoms with Crippen molar-refractivity contribution < 1.29 is 4.74 Å². The maximum atomic E-state index is 5.96. The molecule has 0 aliphatic rings. The number of nitrogens with zero attached hydrogens (tertiary/aromatic N) is 1. The molecule has 1 aromatic rings. The third-order valence-electron chi connectivity index (χ3n) is 1.45. The van der Waals surface area contributed by atoms with Crippen molar-refractivity contribution in [3.05, 3.63) is 23.2 Å². The molecule has 0 atom stereocenters. The summed E-state index contributed by atoms with van der Waals surface area (Å²) < 4.78 is 5.46. The Labute approximate surface area is 93.6 Å². The molecule has 0 bridgehead atoms. The van der Waals surface area contributed by atoms with Crippen molar-refractivity contribution in [3.63, 3.8) is 0 Å². The highest BCUT2D eigenvalue weighted by atomic mass is 35.5. The number of benzene rings is 1. The molecule has 0 saturated carbocycles. The highest BCUT2D eigenvalue weighted by Gasteiger charge is 2.03. The van der Waals surface area contributed by atoms with Gasteiger partial charge in [-0.15, -0.1) is 0 Å². The number of ether oxygens (including phenoxy) is 1. The van der Waals surface area contributed by atoms with E-state index in [1.54, 1.807) is 18.2 Å². The second kappa shape index (κ2) is 5.11. The summed E-state index contributed by atoms with van der Waals surface area (Å²) in [5, 5.41) is 2.81. The van der Waals surface area contributed by atoms with Crippen LogP contribution in [-0.4, -0.2) is 11.3 Å². The van der Waals surface area contributed by atoms with E-state index in [-0.39, 0.29) is 6.10 Å². The summed E-state index contributed by atoms with van der Waals surface area (Å²) in [6.45, 7) is 3.89. The topological polar surface area (TPSA) is 21.6 Å². The fourth-order valence-electron chi connectivity index (χ4n) is 0.962. The molecule has 0 amide bonds. The molecule has 0 aromatic heterocycles. The number of halogens is 1. The van der Waals surface area contributed by atoms with Gasteiger partial charge in [0.1, 0.15) is 5.75 Å². The molecular weight excluding hydrogens is 218 g/mol. The summed E-state index contributed by atoms with van der Waals surface area (Å²) in [4.78, 5) is 3.81. The molecule has 0 aliphatic heterocycles. The van der Waals surface area contributed by atoms with Crippen molar-refractivity contribution >= 4 is 34.7 Å². The SMILES string of the molecule is CC(C)Oc1ccc(N=C=S)cc1Cl. The van der Waals surface area contributed by atoms with E-state index in [4.69, 9.17) is 16.3 Å². The summed E-state index contributed by atoms with van der Waals surface area (Å²) in [5.74, 6) is 0.657. The lowest BCUT2D eigenvalue weighted by Crippen LogP contribution is -2.05. The van der Waals surface area contributed by atoms with Gasteiger partial charge in [-0.1, -0.05) is 11.6 Å². The van der Waals surface area contributed by atoms with Crippen LogP contribution in [-0.2, 0) is 0 Å². The van der Waals surface area contributed by atoms with Gasteiger partial charge in [-0.2, -0.15) is 4.99 Å². The normalized spacial score (nSPS) is 9.71. The van der Waals surface area contributed by atoms with Crippen molar-refractivity contribution in [3.8, 4) is 5.75 Å². The Morgan fingerprint density at radius 2 is 2.21 bits per heavy atom. The predicted octanol–water partition coefficient (Wildman–Crippen LogP) is 3.86. The van der Waals surface area contributed by atoms with Gasteiger partial charge in [-0.25, -0.2) is 0 Å². The van der Waals surface area contributed by atoms with Gasteiger partial charge >= 0.3 is 0 Å². The smallest absolute Gasteiger partial charge is 0.138 e. The number of hydrogen-bond acceptors (Lipinski definition) is 3. The molecule has 14 heavy (non-hydrogen) atoms. The van der Waals surface area contributed by atoms with E-state index in [0.29, 0.717) is 16.5 Å². The molecule has 0 unspecified atom stereocenters. The first-order valence-corrected chi connectivity index (χ1v) is 4.96. The van der Waals surface area contributed by atoms with Gasteiger partial charge in [-0.05, 0) is 44.3 Å². The first kappa shape index (κ1) is 11.2. The number of isothiocyanates is 1. The van der Waals surface area contributed by atoms with Crippen molar-refractivity contribution in [2.24, 2.45) is 4.99 Å². The fraction of sp³-hybridized carbons (Fsp3) is 0.300. The molecule has 1 aromatic carbocycles. The zero-order chi connectivity index (χ0) is 10.6. The maximum absolute atomic E-state index is 5.96. The number of hydrogen-bond donors (Lipinski definition) is 0. The van der Waals surface area contributed by atoms with Crippen LogP contribution in [0.4, 0.5) is 5.69 Å². The first-order valence-electron chi connectivity index (χ1n) is 4.17. The van der Waals surface area contributed by atoms with E-state index in [1.165, 1.54) is 0 Å². The zero-order valence-electron chi connectivity index (χ0n) is 7.95. The standard InChI is InChI=1S/C10H10ClNOS/c1-7(2)13-10-4-3-8(12-6-14)5-9(10)11/h3-5,7H,1-2H3. The Hall–Kier alpha value is -0.890. The third-order valence-corrected chi connectivity index (χ3v) is 1.84. The van der Waals surface area contributed by atoms with E-state index in [2.05, 4.69) is 22.4 Å². The quantitative estimate of drug-likeness (QED) is 0.578. The zero-order valence-corrected chi connectivity index (χ0v) is 9.52. The van der Waals surface area contributed by atoms with Crippen LogP contribution in [0, 0.1) is 0 Å². The fourth-order valence-corrected chi connectivity index (χ4v) is 1.29. The van der Waals surface area contributed by atoms with Crippen LogP contribution in [0.5, 0.6) is 5.75 Å². The van der Waals surface area contributed by atoms with E-state index >= 15 is 0 Å². The molecular formula is C10H10ClNOS. The van der Waals surface area contributed by atoms with E-state index in [1.807, 2.05) is 13.8 Å². The van der Waals surface area contributed by atoms with E-state index in [0.717, 1.165) is 0 Å². The average molecular weight is 228 g/mol. The second-order valence-corrected chi connectivity index (χ2v) is 3.57. The maximum Gasteiger partial charge on any atom is 0.138 e. The molecule has 0 aliphatic carbocycles. The molecule has 0 spiro atoms. The molecule has 1 rings (SSSR count).